The number of carbonyl (C=O) groups excluding carboxylic acids is 1. The third kappa shape index (κ3) is 37.6. The summed E-state index contributed by atoms with van der Waals surface area (Å²) in [5.41, 5.74) is 0. The van der Waals surface area contributed by atoms with Gasteiger partial charge in [0.25, 0.3) is 0 Å². The Balaban J connectivity index is 3.93. The van der Waals surface area contributed by atoms with Gasteiger partial charge in [-0.3, -0.25) is 4.79 Å². The summed E-state index contributed by atoms with van der Waals surface area (Å²) in [7, 11) is 4.21. The molecule has 0 N–H and O–H groups in total. The molecular weight excluding hydrogens is 558 g/mol. The normalized spacial score (nSPS) is 12.7. The Bertz CT molecular complexity index is 650. The van der Waals surface area contributed by atoms with Crippen LogP contribution >= 0.6 is 0 Å². The molecule has 2 heteroatoms. The molecule has 0 rings (SSSR count). The number of unbranched alkanes of at least 4 members (excludes halogenated alkanes) is 24. The van der Waals surface area contributed by atoms with E-state index in [4.69, 9.17) is 0 Å². The molecule has 0 bridgehead atoms. The first-order valence-corrected chi connectivity index (χ1v) is 21.1. The van der Waals surface area contributed by atoms with Crippen LogP contribution in [0.3, 0.4) is 0 Å². The standard InChI is InChI=1S/C44H85NO/c1-5-7-9-11-13-15-17-19-21-23-25-27-29-31-33-35-38-43(42-44(46)40-37-41-45(3)4)39-36-34-32-30-28-26-24-22-20-18-16-14-12-10-8-6-2/h13,15,19,21,43H,5-12,14,16-18,20,22-42H2,1-4H3. The van der Waals surface area contributed by atoms with Gasteiger partial charge in [-0.25, -0.2) is 0 Å². The second kappa shape index (κ2) is 38.6. The van der Waals surface area contributed by atoms with E-state index < -0.39 is 0 Å². The lowest BCUT2D eigenvalue weighted by molar-refractivity contribution is -0.120. The maximum atomic E-state index is 12.8. The number of allylic oxidation sites excluding steroid dienone is 4. The van der Waals surface area contributed by atoms with Crippen molar-refractivity contribution in [1.29, 1.82) is 0 Å². The Morgan fingerprint density at radius 2 is 0.848 bits per heavy atom. The van der Waals surface area contributed by atoms with Crippen LogP contribution in [0.2, 0.25) is 0 Å². The molecule has 0 aromatic heterocycles. The number of hydrogen-bond acceptors (Lipinski definition) is 2. The van der Waals surface area contributed by atoms with Crippen molar-refractivity contribution in [2.75, 3.05) is 20.6 Å². The van der Waals surface area contributed by atoms with Gasteiger partial charge in [-0.15, -0.1) is 0 Å². The molecule has 46 heavy (non-hydrogen) atoms. The minimum Gasteiger partial charge on any atom is -0.309 e. The van der Waals surface area contributed by atoms with Gasteiger partial charge in [-0.2, -0.15) is 0 Å². The first kappa shape index (κ1) is 45.1. The summed E-state index contributed by atoms with van der Waals surface area (Å²) in [5.74, 6) is 1.15. The number of carbonyl (C=O) groups is 1. The smallest absolute Gasteiger partial charge is 0.133 e. The highest BCUT2D eigenvalue weighted by atomic mass is 16.1. The highest BCUT2D eigenvalue weighted by molar-refractivity contribution is 5.78. The summed E-state index contributed by atoms with van der Waals surface area (Å²) in [4.78, 5) is 15.0. The molecule has 0 aromatic rings. The minimum atomic E-state index is 0.517. The maximum Gasteiger partial charge on any atom is 0.133 e. The average Bonchev–Trinajstić information content (AvgIpc) is 3.04. The first-order valence-electron chi connectivity index (χ1n) is 21.1. The van der Waals surface area contributed by atoms with E-state index in [1.807, 2.05) is 0 Å². The molecular formula is C44H85NO. The van der Waals surface area contributed by atoms with Crippen LogP contribution in [0.15, 0.2) is 24.3 Å². The van der Waals surface area contributed by atoms with Gasteiger partial charge in [0.1, 0.15) is 5.78 Å². The first-order chi connectivity index (χ1) is 22.6. The minimum absolute atomic E-state index is 0.517. The zero-order chi connectivity index (χ0) is 33.6. The van der Waals surface area contributed by atoms with Crippen molar-refractivity contribution in [2.24, 2.45) is 5.92 Å². The van der Waals surface area contributed by atoms with Gasteiger partial charge in [-0.1, -0.05) is 199 Å². The van der Waals surface area contributed by atoms with E-state index in [1.165, 1.54) is 186 Å². The fourth-order valence-electron chi connectivity index (χ4n) is 6.77. The fraction of sp³-hybridized carbons (Fsp3) is 0.886. The Labute approximate surface area is 291 Å². The van der Waals surface area contributed by atoms with Crippen molar-refractivity contribution < 1.29 is 4.79 Å². The molecule has 0 saturated carbocycles. The van der Waals surface area contributed by atoms with E-state index in [-0.39, 0.29) is 0 Å². The summed E-state index contributed by atoms with van der Waals surface area (Å²) < 4.78 is 0. The van der Waals surface area contributed by atoms with Crippen molar-refractivity contribution >= 4 is 5.78 Å². The highest BCUT2D eigenvalue weighted by Gasteiger charge is 2.14. The lowest BCUT2D eigenvalue weighted by Gasteiger charge is -2.17. The molecule has 0 aliphatic heterocycles. The lowest BCUT2D eigenvalue weighted by atomic mass is 9.89. The predicted molar refractivity (Wildman–Crippen MR) is 209 cm³/mol. The van der Waals surface area contributed by atoms with Gasteiger partial charge in [0.15, 0.2) is 0 Å². The van der Waals surface area contributed by atoms with Crippen LogP contribution in [-0.4, -0.2) is 31.3 Å². The topological polar surface area (TPSA) is 20.3 Å². The van der Waals surface area contributed by atoms with Crippen molar-refractivity contribution in [3.63, 3.8) is 0 Å². The summed E-state index contributed by atoms with van der Waals surface area (Å²) in [6, 6.07) is 0. The second-order valence-electron chi connectivity index (χ2n) is 15.0. The third-order valence-corrected chi connectivity index (χ3v) is 9.86. The van der Waals surface area contributed by atoms with Gasteiger partial charge in [0.2, 0.25) is 0 Å². The molecule has 0 spiro atoms. The van der Waals surface area contributed by atoms with E-state index in [0.29, 0.717) is 11.7 Å². The van der Waals surface area contributed by atoms with Gasteiger partial charge >= 0.3 is 0 Å². The van der Waals surface area contributed by atoms with E-state index in [0.717, 1.165) is 32.2 Å². The van der Waals surface area contributed by atoms with Crippen LogP contribution in [0.25, 0.3) is 0 Å². The SMILES string of the molecule is CCCCCC=CCC=CCCCCCCCCC(CCCCCCCCCCCCCCCCCC)CC(=O)CCCN(C)C. The molecule has 0 heterocycles. The summed E-state index contributed by atoms with van der Waals surface area (Å²) in [6.45, 7) is 5.60. The molecule has 1 atom stereocenters. The molecule has 2 nitrogen and oxygen atoms in total. The van der Waals surface area contributed by atoms with Crippen LogP contribution < -0.4 is 0 Å². The molecule has 0 aliphatic rings. The molecule has 0 saturated heterocycles. The van der Waals surface area contributed by atoms with Crippen LogP contribution in [0.5, 0.6) is 0 Å². The molecule has 0 aromatic carbocycles. The predicted octanol–water partition coefficient (Wildman–Crippen LogP) is 14.8. The fourth-order valence-corrected chi connectivity index (χ4v) is 6.77. The quantitative estimate of drug-likeness (QED) is 0.0493. The number of nitrogens with zero attached hydrogens (tertiary/aromatic N) is 1. The van der Waals surface area contributed by atoms with Crippen molar-refractivity contribution in [3.8, 4) is 0 Å². The largest absolute Gasteiger partial charge is 0.309 e. The van der Waals surface area contributed by atoms with E-state index in [9.17, 15) is 4.79 Å². The molecule has 1 unspecified atom stereocenters. The van der Waals surface area contributed by atoms with Crippen LogP contribution in [0.1, 0.15) is 226 Å². The number of ketones is 1. The van der Waals surface area contributed by atoms with Gasteiger partial charge in [0, 0.05) is 12.8 Å². The summed E-state index contributed by atoms with van der Waals surface area (Å²) in [6.07, 6.45) is 53.1. The van der Waals surface area contributed by atoms with Crippen molar-refractivity contribution in [2.45, 2.75) is 226 Å². The Hall–Kier alpha value is -0.890. The summed E-state index contributed by atoms with van der Waals surface area (Å²) in [5, 5.41) is 0. The van der Waals surface area contributed by atoms with Gasteiger partial charge < -0.3 is 4.90 Å². The average molecular weight is 644 g/mol. The van der Waals surface area contributed by atoms with Crippen LogP contribution in [-0.2, 0) is 4.79 Å². The molecule has 0 radical (unpaired) electrons. The molecule has 0 fully saturated rings. The Kier molecular flexibility index (Phi) is 37.8. The lowest BCUT2D eigenvalue weighted by Crippen LogP contribution is -2.15. The summed E-state index contributed by atoms with van der Waals surface area (Å²) >= 11 is 0. The highest BCUT2D eigenvalue weighted by Crippen LogP contribution is 2.24. The van der Waals surface area contributed by atoms with Crippen LogP contribution in [0.4, 0.5) is 0 Å². The van der Waals surface area contributed by atoms with Crippen LogP contribution in [0, 0.1) is 5.92 Å². The van der Waals surface area contributed by atoms with E-state index in [1.54, 1.807) is 0 Å². The molecule has 0 aliphatic carbocycles. The monoisotopic (exact) mass is 644 g/mol. The van der Waals surface area contributed by atoms with Gasteiger partial charge in [0.05, 0.1) is 0 Å². The number of hydrogen-bond donors (Lipinski definition) is 0. The maximum absolute atomic E-state index is 12.8. The van der Waals surface area contributed by atoms with E-state index in [2.05, 4.69) is 57.1 Å². The second-order valence-corrected chi connectivity index (χ2v) is 15.0. The number of Topliss-reactive ketones (excluding diaryl/α,β-unsaturated/α-hetero) is 1. The Morgan fingerprint density at radius 3 is 1.28 bits per heavy atom. The number of rotatable bonds is 38. The Morgan fingerprint density at radius 1 is 0.478 bits per heavy atom. The van der Waals surface area contributed by atoms with Gasteiger partial charge in [-0.05, 0) is 65.1 Å². The molecule has 0 amide bonds. The van der Waals surface area contributed by atoms with E-state index >= 15 is 0 Å². The third-order valence-electron chi connectivity index (χ3n) is 9.86. The van der Waals surface area contributed by atoms with Crippen molar-refractivity contribution in [1.82, 2.24) is 4.90 Å². The molecule has 272 valence electrons. The van der Waals surface area contributed by atoms with Crippen molar-refractivity contribution in [3.05, 3.63) is 24.3 Å². The zero-order valence-electron chi connectivity index (χ0n) is 32.3. The zero-order valence-corrected chi connectivity index (χ0v) is 32.3.